The molecule has 1 aromatic rings. The first kappa shape index (κ1) is 8.46. The van der Waals surface area contributed by atoms with Gasteiger partial charge < -0.3 is 0 Å². The number of thiophene rings is 1. The normalized spacial score (nSPS) is 12.5. The van der Waals surface area contributed by atoms with Gasteiger partial charge in [-0.2, -0.15) is 0 Å². The Morgan fingerprint density at radius 2 is 2.55 bits per heavy atom. The van der Waals surface area contributed by atoms with Crippen LogP contribution in [-0.4, -0.2) is 27.0 Å². The van der Waals surface area contributed by atoms with E-state index in [1.54, 1.807) is 17.6 Å². The van der Waals surface area contributed by atoms with Gasteiger partial charge in [0.25, 0.3) is 0 Å². The Balaban J connectivity index is 2.56. The van der Waals surface area contributed by atoms with Crippen LogP contribution in [0.5, 0.6) is 0 Å². The summed E-state index contributed by atoms with van der Waals surface area (Å²) in [6.07, 6.45) is 1.66. The van der Waals surface area contributed by atoms with Crippen LogP contribution in [0.15, 0.2) is 27.7 Å². The summed E-state index contributed by atoms with van der Waals surface area (Å²) in [5, 5.41) is 9.32. The van der Waals surface area contributed by atoms with Crippen LogP contribution < -0.4 is 5.73 Å². The molecule has 0 amide bonds. The maximum absolute atomic E-state index is 5.22. The van der Waals surface area contributed by atoms with E-state index in [4.69, 9.17) is 5.73 Å². The van der Waals surface area contributed by atoms with Gasteiger partial charge in [0.05, 0.1) is 0 Å². The summed E-state index contributed by atoms with van der Waals surface area (Å²) in [6, 6.07) is 3.91. The summed E-state index contributed by atoms with van der Waals surface area (Å²) < 4.78 is 0.345. The molecule has 0 fully saturated rings. The quantitative estimate of drug-likeness (QED) is 0.344. The molecule has 3 nitrogen and oxygen atoms in total. The van der Waals surface area contributed by atoms with Gasteiger partial charge in [0.1, 0.15) is 0 Å². The summed E-state index contributed by atoms with van der Waals surface area (Å²) in [6.45, 7) is 0. The molecule has 1 aromatic heterocycles. The van der Waals surface area contributed by atoms with E-state index < -0.39 is 0 Å². The molecular weight excluding hydrogens is 225 g/mol. The van der Waals surface area contributed by atoms with Crippen molar-refractivity contribution < 1.29 is 0 Å². The van der Waals surface area contributed by atoms with Gasteiger partial charge in [-0.15, -0.1) is 0 Å². The minimum atomic E-state index is 0.345. The average Bonchev–Trinajstić information content (AvgIpc) is 2.39. The predicted molar refractivity (Wildman–Crippen MR) is 49.3 cm³/mol. The van der Waals surface area contributed by atoms with Crippen LogP contribution in [0, 0.1) is 0 Å². The molecule has 0 aliphatic rings. The van der Waals surface area contributed by atoms with Crippen LogP contribution in [0.4, 0.5) is 0 Å². The Hall–Kier alpha value is -0.641. The molecule has 0 aliphatic carbocycles. The monoisotopic (exact) mass is 232 g/mol. The molecule has 0 aromatic carbocycles. The first-order valence-corrected chi connectivity index (χ1v) is 4.59. The van der Waals surface area contributed by atoms with E-state index in [-0.39, 0.29) is 0 Å². The van der Waals surface area contributed by atoms with Crippen LogP contribution in [0.3, 0.4) is 0 Å². The van der Waals surface area contributed by atoms with Gasteiger partial charge in [-0.1, -0.05) is 0 Å². The van der Waals surface area contributed by atoms with Crippen molar-refractivity contribution in [2.75, 3.05) is 0 Å². The van der Waals surface area contributed by atoms with Crippen LogP contribution in [0.25, 0.3) is 0 Å². The number of nitrogens with zero attached hydrogens (tertiary/aromatic N) is 2. The summed E-state index contributed by atoms with van der Waals surface area (Å²) >= 11 is 4.14. The first-order valence-electron chi connectivity index (χ1n) is 2.86. The summed E-state index contributed by atoms with van der Waals surface area (Å²) in [5.74, 6) is 0. The van der Waals surface area contributed by atoms with Gasteiger partial charge in [0, 0.05) is 0 Å². The molecule has 0 spiro atoms. The minimum absolute atomic E-state index is 0.345. The van der Waals surface area contributed by atoms with Crippen molar-refractivity contribution in [3.8, 4) is 0 Å². The second-order valence-electron chi connectivity index (χ2n) is 1.70. The van der Waals surface area contributed by atoms with Crippen molar-refractivity contribution in [3.05, 3.63) is 22.4 Å². The molecule has 0 aliphatic heterocycles. The van der Waals surface area contributed by atoms with E-state index in [9.17, 15) is 0 Å². The number of amidine groups is 1. The van der Waals surface area contributed by atoms with Gasteiger partial charge in [-0.25, -0.2) is 0 Å². The topological polar surface area (TPSA) is 50.7 Å². The van der Waals surface area contributed by atoms with Crippen LogP contribution >= 0.6 is 11.3 Å². The van der Waals surface area contributed by atoms with E-state index in [1.165, 1.54) is 0 Å². The van der Waals surface area contributed by atoms with E-state index in [1.807, 2.05) is 17.5 Å². The standard InChI is InChI=1S/C6H6N3SSe/c7-6(11)9-8-4-5-2-1-3-10-5/h1-4H,(H2,7,9)/b8-4+. The van der Waals surface area contributed by atoms with Crippen molar-refractivity contribution in [3.63, 3.8) is 0 Å². The van der Waals surface area contributed by atoms with Crippen molar-refractivity contribution in [1.82, 2.24) is 0 Å². The zero-order valence-corrected chi connectivity index (χ0v) is 8.13. The van der Waals surface area contributed by atoms with Crippen molar-refractivity contribution in [2.45, 2.75) is 0 Å². The fourth-order valence-electron chi connectivity index (χ4n) is 0.507. The van der Waals surface area contributed by atoms with Gasteiger partial charge in [0.2, 0.25) is 0 Å². The third-order valence-electron chi connectivity index (χ3n) is 0.884. The van der Waals surface area contributed by atoms with E-state index in [0.717, 1.165) is 4.88 Å². The Bertz CT molecular complexity index is 261. The third-order valence-corrected chi connectivity index (χ3v) is 1.86. The van der Waals surface area contributed by atoms with Crippen LogP contribution in [0.2, 0.25) is 0 Å². The predicted octanol–water partition coefficient (Wildman–Crippen LogP) is 0.565. The molecule has 0 atom stereocenters. The number of hydrogen-bond acceptors (Lipinski definition) is 3. The van der Waals surface area contributed by atoms with Crippen molar-refractivity contribution in [1.29, 1.82) is 0 Å². The molecule has 5 heteroatoms. The fraction of sp³-hybridized carbons (Fsp3) is 0. The number of rotatable bonds is 2. The number of hydrogen-bond donors (Lipinski definition) is 1. The molecule has 0 saturated heterocycles. The number of nitrogens with two attached hydrogens (primary N) is 1. The Morgan fingerprint density at radius 3 is 3.09 bits per heavy atom. The Morgan fingerprint density at radius 1 is 1.73 bits per heavy atom. The Kier molecular flexibility index (Phi) is 3.29. The molecule has 1 rings (SSSR count). The van der Waals surface area contributed by atoms with E-state index >= 15 is 0 Å². The van der Waals surface area contributed by atoms with Crippen LogP contribution in [-0.2, 0) is 0 Å². The molecule has 1 heterocycles. The third kappa shape index (κ3) is 3.32. The molecule has 0 saturated carbocycles. The summed E-state index contributed by atoms with van der Waals surface area (Å²) in [5.41, 5.74) is 5.22. The fourth-order valence-corrected chi connectivity index (χ4v) is 1.19. The molecule has 11 heavy (non-hydrogen) atoms. The average molecular weight is 231 g/mol. The summed E-state index contributed by atoms with van der Waals surface area (Å²) in [4.78, 5) is 1.06. The summed E-state index contributed by atoms with van der Waals surface area (Å²) in [7, 11) is 0. The van der Waals surface area contributed by atoms with Gasteiger partial charge in [0.15, 0.2) is 0 Å². The molecule has 0 bridgehead atoms. The van der Waals surface area contributed by atoms with Crippen molar-refractivity contribution >= 4 is 38.3 Å². The molecule has 2 N–H and O–H groups in total. The van der Waals surface area contributed by atoms with Crippen LogP contribution in [0.1, 0.15) is 4.88 Å². The van der Waals surface area contributed by atoms with Gasteiger partial charge in [-0.3, -0.25) is 0 Å². The second-order valence-corrected chi connectivity index (χ2v) is 3.56. The molecule has 1 radical (unpaired) electrons. The zero-order chi connectivity index (χ0) is 8.10. The second kappa shape index (κ2) is 4.28. The van der Waals surface area contributed by atoms with Crippen molar-refractivity contribution in [2.24, 2.45) is 15.9 Å². The van der Waals surface area contributed by atoms with Gasteiger partial charge in [-0.05, 0) is 0 Å². The van der Waals surface area contributed by atoms with Gasteiger partial charge >= 0.3 is 76.6 Å². The maximum atomic E-state index is 5.22. The van der Waals surface area contributed by atoms with E-state index in [2.05, 4.69) is 26.2 Å². The molecule has 57 valence electrons. The SMILES string of the molecule is N/C([Se])=N/N=C/c1cccs1. The molecular formula is C6H6N3SSe. The zero-order valence-electron chi connectivity index (χ0n) is 5.60. The van der Waals surface area contributed by atoms with E-state index in [0.29, 0.717) is 4.73 Å². The first-order chi connectivity index (χ1) is 5.29. The Labute approximate surface area is 76.8 Å². The molecule has 0 unspecified atom stereocenters.